The molecule has 0 aliphatic rings. The lowest BCUT2D eigenvalue weighted by Crippen LogP contribution is -2.11. The molecule has 0 spiro atoms. The molecule has 0 saturated heterocycles. The number of esters is 1. The summed E-state index contributed by atoms with van der Waals surface area (Å²) in [5.74, 6) is -1.07. The molecule has 84 valence electrons. The van der Waals surface area contributed by atoms with Crippen molar-refractivity contribution in [1.82, 2.24) is 4.98 Å². The van der Waals surface area contributed by atoms with E-state index in [2.05, 4.69) is 9.72 Å². The van der Waals surface area contributed by atoms with Crippen molar-refractivity contribution < 1.29 is 14.3 Å². The predicted octanol–water partition coefficient (Wildman–Crippen LogP) is 1.88. The van der Waals surface area contributed by atoms with Crippen LogP contribution in [0, 0.1) is 0 Å². The fourth-order valence-corrected chi connectivity index (χ4v) is 1.25. The molecule has 0 saturated carbocycles. The molecule has 1 aromatic rings. The van der Waals surface area contributed by atoms with Crippen molar-refractivity contribution in [3.63, 3.8) is 0 Å². The first-order chi connectivity index (χ1) is 7.56. The second-order valence-corrected chi connectivity index (χ2v) is 3.35. The van der Waals surface area contributed by atoms with E-state index in [1.165, 1.54) is 26.3 Å². The third-order valence-electron chi connectivity index (χ3n) is 1.87. The van der Waals surface area contributed by atoms with Crippen LogP contribution in [0.3, 0.4) is 0 Å². The minimum absolute atomic E-state index is 0.0580. The largest absolute Gasteiger partial charge is 0.465 e. The molecule has 0 radical (unpaired) electrons. The van der Waals surface area contributed by atoms with Crippen molar-refractivity contribution in [1.29, 1.82) is 0 Å². The van der Waals surface area contributed by atoms with Crippen LogP contribution in [0.1, 0.15) is 12.5 Å². The summed E-state index contributed by atoms with van der Waals surface area (Å²) in [5, 5.41) is 0.227. The van der Waals surface area contributed by atoms with Crippen LogP contribution < -0.4 is 0 Å². The van der Waals surface area contributed by atoms with Gasteiger partial charge in [-0.2, -0.15) is 0 Å². The molecule has 5 heteroatoms. The van der Waals surface area contributed by atoms with Gasteiger partial charge in [-0.3, -0.25) is 4.79 Å². The number of Topliss-reactive ketones (excluding diaryl/α,β-unsaturated/α-hetero) is 1. The first-order valence-electron chi connectivity index (χ1n) is 4.47. The number of carbonyl (C=O) groups is 2. The Kier molecular flexibility index (Phi) is 4.19. The van der Waals surface area contributed by atoms with E-state index in [1.54, 1.807) is 12.1 Å². The van der Waals surface area contributed by atoms with Crippen LogP contribution in [0.25, 0.3) is 6.08 Å². The maximum atomic E-state index is 11.3. The van der Waals surface area contributed by atoms with E-state index in [0.29, 0.717) is 5.56 Å². The Balaban J connectivity index is 3.18. The summed E-state index contributed by atoms with van der Waals surface area (Å²) in [4.78, 5) is 26.4. The van der Waals surface area contributed by atoms with Gasteiger partial charge in [-0.25, -0.2) is 9.78 Å². The number of methoxy groups -OCH3 is 1. The SMILES string of the molecule is COC(=O)C(=Cc1cccnc1Cl)C(C)=O. The van der Waals surface area contributed by atoms with Gasteiger partial charge < -0.3 is 4.74 Å². The van der Waals surface area contributed by atoms with Crippen molar-refractivity contribution in [2.24, 2.45) is 0 Å². The monoisotopic (exact) mass is 239 g/mol. The second kappa shape index (κ2) is 5.42. The van der Waals surface area contributed by atoms with Crippen molar-refractivity contribution in [3.8, 4) is 0 Å². The summed E-state index contributed by atoms with van der Waals surface area (Å²) in [6.45, 7) is 1.28. The zero-order valence-corrected chi connectivity index (χ0v) is 9.62. The van der Waals surface area contributed by atoms with Gasteiger partial charge in [0.05, 0.1) is 7.11 Å². The number of carbonyl (C=O) groups excluding carboxylic acids is 2. The molecule has 0 atom stereocenters. The molecule has 4 nitrogen and oxygen atoms in total. The average molecular weight is 240 g/mol. The molecule has 0 fully saturated rings. The Morgan fingerprint density at radius 2 is 2.19 bits per heavy atom. The predicted molar refractivity (Wildman–Crippen MR) is 59.9 cm³/mol. The van der Waals surface area contributed by atoms with E-state index in [-0.39, 0.29) is 16.5 Å². The summed E-state index contributed by atoms with van der Waals surface area (Å²) in [7, 11) is 1.21. The van der Waals surface area contributed by atoms with E-state index in [9.17, 15) is 9.59 Å². The molecule has 0 N–H and O–H groups in total. The van der Waals surface area contributed by atoms with Gasteiger partial charge in [-0.15, -0.1) is 0 Å². The standard InChI is InChI=1S/C11H10ClNO3/c1-7(14)9(11(15)16-2)6-8-4-3-5-13-10(8)12/h3-6H,1-2H3. The lowest BCUT2D eigenvalue weighted by atomic mass is 10.1. The Bertz CT molecular complexity index is 454. The van der Waals surface area contributed by atoms with Crippen molar-refractivity contribution >= 4 is 29.4 Å². The molecule has 1 rings (SSSR count). The van der Waals surface area contributed by atoms with Gasteiger partial charge in [0.1, 0.15) is 10.7 Å². The highest BCUT2D eigenvalue weighted by molar-refractivity contribution is 6.31. The normalized spacial score (nSPS) is 11.1. The third-order valence-corrected chi connectivity index (χ3v) is 2.19. The zero-order chi connectivity index (χ0) is 12.1. The Labute approximate surface area is 97.9 Å². The minimum Gasteiger partial charge on any atom is -0.465 e. The van der Waals surface area contributed by atoms with E-state index in [1.807, 2.05) is 0 Å². The quantitative estimate of drug-likeness (QED) is 0.266. The Hall–Kier alpha value is -1.68. The van der Waals surface area contributed by atoms with Crippen LogP contribution in [0.2, 0.25) is 5.15 Å². The minimum atomic E-state index is -0.688. The van der Waals surface area contributed by atoms with Gasteiger partial charge in [-0.1, -0.05) is 17.7 Å². The fourth-order valence-electron chi connectivity index (χ4n) is 1.08. The zero-order valence-electron chi connectivity index (χ0n) is 8.86. The van der Waals surface area contributed by atoms with E-state index in [4.69, 9.17) is 11.6 Å². The number of aromatic nitrogens is 1. The number of ketones is 1. The van der Waals surface area contributed by atoms with Crippen LogP contribution in [0.4, 0.5) is 0 Å². The summed E-state index contributed by atoms with van der Waals surface area (Å²) in [5.41, 5.74) is 0.442. The lowest BCUT2D eigenvalue weighted by Gasteiger charge is -2.02. The highest BCUT2D eigenvalue weighted by Gasteiger charge is 2.15. The molecular formula is C11H10ClNO3. The van der Waals surface area contributed by atoms with Gasteiger partial charge in [0.2, 0.25) is 0 Å². The second-order valence-electron chi connectivity index (χ2n) is 2.99. The molecule has 0 aromatic carbocycles. The summed E-state index contributed by atoms with van der Waals surface area (Å²) in [6.07, 6.45) is 2.88. The first kappa shape index (κ1) is 12.4. The molecule has 0 amide bonds. The Morgan fingerprint density at radius 1 is 1.50 bits per heavy atom. The number of ether oxygens (including phenoxy) is 1. The fraction of sp³-hybridized carbons (Fsp3) is 0.182. The smallest absolute Gasteiger partial charge is 0.341 e. The van der Waals surface area contributed by atoms with Crippen LogP contribution in [-0.2, 0) is 14.3 Å². The topological polar surface area (TPSA) is 56.3 Å². The maximum Gasteiger partial charge on any atom is 0.341 e. The molecule has 1 heterocycles. The maximum absolute atomic E-state index is 11.3. The number of pyridine rings is 1. The van der Waals surface area contributed by atoms with Gasteiger partial charge in [0, 0.05) is 11.8 Å². The molecule has 0 aliphatic carbocycles. The molecule has 1 aromatic heterocycles. The summed E-state index contributed by atoms with van der Waals surface area (Å²) in [6, 6.07) is 3.31. The molecular weight excluding hydrogens is 230 g/mol. The van der Waals surface area contributed by atoms with Gasteiger partial charge >= 0.3 is 5.97 Å². The van der Waals surface area contributed by atoms with Gasteiger partial charge in [-0.05, 0) is 19.1 Å². The number of nitrogens with zero attached hydrogens (tertiary/aromatic N) is 1. The lowest BCUT2D eigenvalue weighted by molar-refractivity contribution is -0.137. The summed E-state index contributed by atoms with van der Waals surface area (Å²) < 4.78 is 4.49. The van der Waals surface area contributed by atoms with Crippen molar-refractivity contribution in [2.75, 3.05) is 7.11 Å². The van der Waals surface area contributed by atoms with Crippen molar-refractivity contribution in [3.05, 3.63) is 34.6 Å². The molecule has 0 aliphatic heterocycles. The van der Waals surface area contributed by atoms with E-state index >= 15 is 0 Å². The highest BCUT2D eigenvalue weighted by atomic mass is 35.5. The van der Waals surface area contributed by atoms with Crippen LogP contribution in [-0.4, -0.2) is 23.8 Å². The van der Waals surface area contributed by atoms with E-state index < -0.39 is 5.97 Å². The average Bonchev–Trinajstić information content (AvgIpc) is 2.26. The van der Waals surface area contributed by atoms with Crippen molar-refractivity contribution in [2.45, 2.75) is 6.92 Å². The van der Waals surface area contributed by atoms with E-state index in [0.717, 1.165) is 0 Å². The number of rotatable bonds is 3. The molecule has 0 unspecified atom stereocenters. The number of hydrogen-bond acceptors (Lipinski definition) is 4. The van der Waals surface area contributed by atoms with Gasteiger partial charge in [0.15, 0.2) is 5.78 Å². The van der Waals surface area contributed by atoms with Gasteiger partial charge in [0.25, 0.3) is 0 Å². The highest BCUT2D eigenvalue weighted by Crippen LogP contribution is 2.16. The first-order valence-corrected chi connectivity index (χ1v) is 4.85. The molecule has 0 bridgehead atoms. The third kappa shape index (κ3) is 2.90. The van der Waals surface area contributed by atoms with Crippen LogP contribution in [0.5, 0.6) is 0 Å². The van der Waals surface area contributed by atoms with Crippen LogP contribution in [0.15, 0.2) is 23.9 Å². The van der Waals surface area contributed by atoms with Crippen LogP contribution >= 0.6 is 11.6 Å². The molecule has 16 heavy (non-hydrogen) atoms. The Morgan fingerprint density at radius 3 is 2.69 bits per heavy atom. The number of halogens is 1. The number of hydrogen-bond donors (Lipinski definition) is 0. The summed E-state index contributed by atoms with van der Waals surface area (Å²) >= 11 is 5.80.